The molecule has 3 aromatic rings. The van der Waals surface area contributed by atoms with Crippen molar-refractivity contribution in [2.75, 3.05) is 26.2 Å². The summed E-state index contributed by atoms with van der Waals surface area (Å²) in [6.45, 7) is 2.92. The van der Waals surface area contributed by atoms with E-state index in [2.05, 4.69) is 4.90 Å². The van der Waals surface area contributed by atoms with Gasteiger partial charge in [0.05, 0.1) is 0 Å². The number of aliphatic hydroxyl groups excluding tert-OH is 1. The van der Waals surface area contributed by atoms with Gasteiger partial charge in [0.15, 0.2) is 0 Å². The van der Waals surface area contributed by atoms with Gasteiger partial charge < -0.3 is 19.2 Å². The molecule has 1 saturated heterocycles. The normalized spacial score (nSPS) is 15.3. The lowest BCUT2D eigenvalue weighted by molar-refractivity contribution is 0.0758. The Labute approximate surface area is 170 Å². The number of likely N-dealkylation sites (tertiary alicyclic amines) is 1. The maximum atomic E-state index is 12.0. The number of rotatable bonds is 6. The number of β-amino-alcohol motifs (C(OH)–C–C–N with tert-alkyl or cyclic N) is 1. The van der Waals surface area contributed by atoms with E-state index in [4.69, 9.17) is 9.15 Å². The third-order valence-corrected chi connectivity index (χ3v) is 4.91. The Morgan fingerprint density at radius 3 is 2.57 bits per heavy atom. The summed E-state index contributed by atoms with van der Waals surface area (Å²) in [5.41, 5.74) is 1.88. The lowest BCUT2D eigenvalue weighted by atomic mass is 10.0. The van der Waals surface area contributed by atoms with Gasteiger partial charge in [-0.15, -0.1) is 12.4 Å². The topological polar surface area (TPSA) is 62.9 Å². The number of aliphatic hydroxyl groups is 1. The molecule has 0 radical (unpaired) electrons. The maximum Gasteiger partial charge on any atom is 0.336 e. The molecule has 0 aliphatic carbocycles. The van der Waals surface area contributed by atoms with Crippen molar-refractivity contribution < 1.29 is 14.3 Å². The zero-order valence-electron chi connectivity index (χ0n) is 15.5. The number of hydrogen-bond acceptors (Lipinski definition) is 5. The monoisotopic (exact) mass is 401 g/mol. The molecule has 5 nitrogen and oxygen atoms in total. The fourth-order valence-corrected chi connectivity index (χ4v) is 3.60. The van der Waals surface area contributed by atoms with Crippen LogP contribution in [0.15, 0.2) is 63.8 Å². The Balaban J connectivity index is 0.00000225. The van der Waals surface area contributed by atoms with Crippen LogP contribution in [0.2, 0.25) is 0 Å². The van der Waals surface area contributed by atoms with Crippen LogP contribution in [0, 0.1) is 0 Å². The van der Waals surface area contributed by atoms with Gasteiger partial charge in [-0.3, -0.25) is 0 Å². The predicted octanol–water partition coefficient (Wildman–Crippen LogP) is 3.72. The minimum Gasteiger partial charge on any atom is -0.491 e. The Morgan fingerprint density at radius 1 is 1.07 bits per heavy atom. The summed E-state index contributed by atoms with van der Waals surface area (Å²) in [5, 5.41) is 11.0. The predicted molar refractivity (Wildman–Crippen MR) is 112 cm³/mol. The summed E-state index contributed by atoms with van der Waals surface area (Å²) < 4.78 is 11.1. The minimum absolute atomic E-state index is 0. The molecule has 0 saturated carbocycles. The zero-order chi connectivity index (χ0) is 18.6. The van der Waals surface area contributed by atoms with Crippen LogP contribution < -0.4 is 10.4 Å². The number of benzene rings is 2. The highest BCUT2D eigenvalue weighted by atomic mass is 35.5. The Hall–Kier alpha value is -2.34. The Morgan fingerprint density at radius 2 is 1.82 bits per heavy atom. The molecule has 0 amide bonds. The minimum atomic E-state index is -0.540. The molecule has 6 heteroatoms. The molecule has 1 aromatic heterocycles. The largest absolute Gasteiger partial charge is 0.491 e. The van der Waals surface area contributed by atoms with Gasteiger partial charge in [-0.1, -0.05) is 30.3 Å². The van der Waals surface area contributed by atoms with Crippen molar-refractivity contribution in [3.8, 4) is 16.9 Å². The summed E-state index contributed by atoms with van der Waals surface area (Å²) in [6.07, 6.45) is 1.85. The highest BCUT2D eigenvalue weighted by molar-refractivity contribution is 5.93. The molecule has 2 heterocycles. The molecule has 0 unspecified atom stereocenters. The number of ether oxygens (including phenoxy) is 1. The van der Waals surface area contributed by atoms with E-state index < -0.39 is 11.7 Å². The van der Waals surface area contributed by atoms with E-state index in [1.165, 1.54) is 18.9 Å². The van der Waals surface area contributed by atoms with Crippen molar-refractivity contribution >= 4 is 23.4 Å². The van der Waals surface area contributed by atoms with Gasteiger partial charge in [-0.05, 0) is 49.2 Å². The molecule has 1 N–H and O–H groups in total. The van der Waals surface area contributed by atoms with Crippen molar-refractivity contribution in [2.24, 2.45) is 0 Å². The van der Waals surface area contributed by atoms with E-state index in [9.17, 15) is 9.90 Å². The van der Waals surface area contributed by atoms with Crippen molar-refractivity contribution in [3.63, 3.8) is 0 Å². The summed E-state index contributed by atoms with van der Waals surface area (Å²) in [7, 11) is 0. The third kappa shape index (κ3) is 4.73. The molecule has 28 heavy (non-hydrogen) atoms. The highest BCUT2D eigenvalue weighted by Crippen LogP contribution is 2.29. The van der Waals surface area contributed by atoms with Gasteiger partial charge in [0, 0.05) is 24.1 Å². The van der Waals surface area contributed by atoms with Crippen molar-refractivity contribution in [1.29, 1.82) is 0 Å². The molecule has 1 aliphatic heterocycles. The summed E-state index contributed by atoms with van der Waals surface area (Å²) in [6, 6.07) is 16.7. The van der Waals surface area contributed by atoms with Crippen molar-refractivity contribution in [2.45, 2.75) is 18.9 Å². The molecular formula is C22H24ClNO4. The Kier molecular flexibility index (Phi) is 6.73. The van der Waals surface area contributed by atoms with Crippen molar-refractivity contribution in [3.05, 3.63) is 65.0 Å². The van der Waals surface area contributed by atoms with Crippen LogP contribution >= 0.6 is 12.4 Å². The molecule has 1 fully saturated rings. The fraction of sp³-hybridized carbons (Fsp3) is 0.318. The SMILES string of the molecule is Cl.O=c1cc(-c2ccccc2)c2ccc(OC[C@@H](O)CN3CCCC3)cc2o1. The lowest BCUT2D eigenvalue weighted by Crippen LogP contribution is -2.33. The van der Waals surface area contributed by atoms with Crippen LogP contribution in [0.4, 0.5) is 0 Å². The van der Waals surface area contributed by atoms with E-state index in [0.29, 0.717) is 17.9 Å². The van der Waals surface area contributed by atoms with Crippen LogP contribution in [0.1, 0.15) is 12.8 Å². The second-order valence-corrected chi connectivity index (χ2v) is 6.98. The number of fused-ring (bicyclic) bond motifs is 1. The summed E-state index contributed by atoms with van der Waals surface area (Å²) in [5.74, 6) is 0.580. The summed E-state index contributed by atoms with van der Waals surface area (Å²) in [4.78, 5) is 14.2. The van der Waals surface area contributed by atoms with Gasteiger partial charge in [0.1, 0.15) is 24.0 Å². The van der Waals surface area contributed by atoms with Gasteiger partial charge in [-0.25, -0.2) is 4.79 Å². The molecule has 1 aliphatic rings. The fourth-order valence-electron chi connectivity index (χ4n) is 3.60. The van der Waals surface area contributed by atoms with E-state index in [1.807, 2.05) is 42.5 Å². The first-order valence-corrected chi connectivity index (χ1v) is 9.35. The molecule has 1 atom stereocenters. The van der Waals surface area contributed by atoms with Crippen LogP contribution in [0.5, 0.6) is 5.75 Å². The molecule has 0 spiro atoms. The van der Waals surface area contributed by atoms with E-state index in [1.54, 1.807) is 6.07 Å². The van der Waals surface area contributed by atoms with Crippen LogP contribution in [-0.2, 0) is 0 Å². The first-order valence-electron chi connectivity index (χ1n) is 9.35. The summed E-state index contributed by atoms with van der Waals surface area (Å²) >= 11 is 0. The quantitative estimate of drug-likeness (QED) is 0.638. The van der Waals surface area contributed by atoms with Crippen LogP contribution in [0.25, 0.3) is 22.1 Å². The second-order valence-electron chi connectivity index (χ2n) is 6.98. The number of nitrogens with zero attached hydrogens (tertiary/aromatic N) is 1. The Bertz CT molecular complexity index is 967. The maximum absolute atomic E-state index is 12.0. The van der Waals surface area contributed by atoms with Gasteiger partial charge in [0.2, 0.25) is 0 Å². The number of hydrogen-bond donors (Lipinski definition) is 1. The van der Waals surface area contributed by atoms with Crippen LogP contribution in [-0.4, -0.2) is 42.4 Å². The smallest absolute Gasteiger partial charge is 0.336 e. The molecule has 148 valence electrons. The van der Waals surface area contributed by atoms with Crippen LogP contribution in [0.3, 0.4) is 0 Å². The van der Waals surface area contributed by atoms with E-state index in [0.717, 1.165) is 29.6 Å². The van der Waals surface area contributed by atoms with E-state index in [-0.39, 0.29) is 19.0 Å². The number of halogens is 1. The third-order valence-electron chi connectivity index (χ3n) is 4.91. The van der Waals surface area contributed by atoms with Gasteiger partial charge >= 0.3 is 5.63 Å². The molecule has 4 rings (SSSR count). The van der Waals surface area contributed by atoms with E-state index >= 15 is 0 Å². The highest BCUT2D eigenvalue weighted by Gasteiger charge is 2.16. The van der Waals surface area contributed by atoms with Gasteiger partial charge in [-0.2, -0.15) is 0 Å². The first kappa shape index (κ1) is 20.4. The lowest BCUT2D eigenvalue weighted by Gasteiger charge is -2.19. The molecular weight excluding hydrogens is 378 g/mol. The van der Waals surface area contributed by atoms with Gasteiger partial charge in [0.25, 0.3) is 0 Å². The average Bonchev–Trinajstić information content (AvgIpc) is 3.19. The second kappa shape index (κ2) is 9.24. The average molecular weight is 402 g/mol. The standard InChI is InChI=1S/C22H23NO4.ClH/c24-17(14-23-10-4-5-11-23)15-26-18-8-9-19-20(16-6-2-1-3-7-16)13-22(25)27-21(19)12-18;/h1-3,6-9,12-13,17,24H,4-5,10-11,14-15H2;1H/t17-;/m0./s1. The molecule has 0 bridgehead atoms. The first-order chi connectivity index (χ1) is 13.2. The zero-order valence-corrected chi connectivity index (χ0v) is 16.4. The van der Waals surface area contributed by atoms with Crippen molar-refractivity contribution in [1.82, 2.24) is 4.90 Å². The molecule has 2 aromatic carbocycles.